The minimum atomic E-state index is -4.04. The summed E-state index contributed by atoms with van der Waals surface area (Å²) >= 11 is 0. The van der Waals surface area contributed by atoms with Crippen LogP contribution in [0.4, 0.5) is 0 Å². The lowest BCUT2D eigenvalue weighted by Gasteiger charge is -2.34. The van der Waals surface area contributed by atoms with Gasteiger partial charge in [-0.05, 0) is 36.3 Å². The lowest BCUT2D eigenvalue weighted by Crippen LogP contribution is -2.48. The van der Waals surface area contributed by atoms with Crippen LogP contribution in [0, 0.1) is 17.8 Å². The Morgan fingerprint density at radius 3 is 2.52 bits per heavy atom. The van der Waals surface area contributed by atoms with Crippen molar-refractivity contribution in [3.05, 3.63) is 18.2 Å². The summed E-state index contributed by atoms with van der Waals surface area (Å²) in [5.41, 5.74) is 0. The van der Waals surface area contributed by atoms with Crippen LogP contribution >= 0.6 is 0 Å². The third-order valence-electron chi connectivity index (χ3n) is 6.43. The normalized spacial score (nSPS) is 23.6. The first-order valence-corrected chi connectivity index (χ1v) is 12.9. The highest BCUT2D eigenvalue weighted by Crippen LogP contribution is 2.32. The Morgan fingerprint density at radius 1 is 1.12 bits per heavy atom. The van der Waals surface area contributed by atoms with Crippen LogP contribution in [0.1, 0.15) is 47.0 Å². The number of nitrogens with one attached hydrogen (secondary N) is 2. The fourth-order valence-corrected chi connectivity index (χ4v) is 5.49. The summed E-state index contributed by atoms with van der Waals surface area (Å²) in [5.74, 6) is 0.0829. The standard InChI is InChI=1S/C23H34N2O7S/c1-14(2)22(23(27)32-13-21(26)24-18-7-5-6-15(3)16(18)4)25-33(28,29)17-8-9-19-20(12-17)31-11-10-30-19/h8-9,12,14-16,18,22,25H,5-7,10-11,13H2,1-4H3,(H,24,26). The molecule has 4 unspecified atom stereocenters. The van der Waals surface area contributed by atoms with Gasteiger partial charge in [-0.25, -0.2) is 8.42 Å². The van der Waals surface area contributed by atoms with Crippen LogP contribution in [0.15, 0.2) is 23.1 Å². The molecular formula is C23H34N2O7S. The Bertz CT molecular complexity index is 964. The van der Waals surface area contributed by atoms with Crippen LogP contribution in [-0.4, -0.2) is 52.2 Å². The van der Waals surface area contributed by atoms with Crippen molar-refractivity contribution >= 4 is 21.9 Å². The summed E-state index contributed by atoms with van der Waals surface area (Å²) in [6, 6.07) is 3.17. The van der Waals surface area contributed by atoms with Gasteiger partial charge in [-0.1, -0.05) is 40.5 Å². The second kappa shape index (κ2) is 10.7. The van der Waals surface area contributed by atoms with E-state index >= 15 is 0 Å². The molecule has 3 rings (SSSR count). The van der Waals surface area contributed by atoms with E-state index in [0.29, 0.717) is 36.5 Å². The summed E-state index contributed by atoms with van der Waals surface area (Å²) in [5, 5.41) is 2.95. The molecule has 1 heterocycles. The maximum absolute atomic E-state index is 12.9. The molecule has 10 heteroatoms. The molecule has 2 aliphatic rings. The predicted octanol–water partition coefficient (Wildman–Crippen LogP) is 2.24. The summed E-state index contributed by atoms with van der Waals surface area (Å²) < 4.78 is 44.3. The Kier molecular flexibility index (Phi) is 8.23. The number of carbonyl (C=O) groups excluding carboxylic acids is 2. The number of carbonyl (C=O) groups is 2. The molecule has 0 aromatic heterocycles. The van der Waals surface area contributed by atoms with Gasteiger partial charge in [0, 0.05) is 12.1 Å². The van der Waals surface area contributed by atoms with Gasteiger partial charge in [0.05, 0.1) is 4.90 Å². The molecule has 2 N–H and O–H groups in total. The molecule has 1 aliphatic carbocycles. The quantitative estimate of drug-likeness (QED) is 0.545. The predicted molar refractivity (Wildman–Crippen MR) is 121 cm³/mol. The van der Waals surface area contributed by atoms with Crippen LogP contribution < -0.4 is 19.5 Å². The average molecular weight is 483 g/mol. The molecule has 1 aromatic rings. The van der Waals surface area contributed by atoms with Gasteiger partial charge in [-0.2, -0.15) is 4.72 Å². The van der Waals surface area contributed by atoms with E-state index < -0.39 is 34.6 Å². The summed E-state index contributed by atoms with van der Waals surface area (Å²) in [6.45, 7) is 7.95. The number of esters is 1. The van der Waals surface area contributed by atoms with Crippen molar-refractivity contribution in [2.75, 3.05) is 19.8 Å². The highest BCUT2D eigenvalue weighted by molar-refractivity contribution is 7.89. The van der Waals surface area contributed by atoms with E-state index in [2.05, 4.69) is 23.9 Å². The lowest BCUT2D eigenvalue weighted by molar-refractivity contribution is -0.151. The van der Waals surface area contributed by atoms with Gasteiger partial charge in [0.25, 0.3) is 5.91 Å². The smallest absolute Gasteiger partial charge is 0.324 e. The van der Waals surface area contributed by atoms with Crippen molar-refractivity contribution in [1.29, 1.82) is 0 Å². The third kappa shape index (κ3) is 6.38. The van der Waals surface area contributed by atoms with Crippen molar-refractivity contribution in [3.63, 3.8) is 0 Å². The maximum Gasteiger partial charge on any atom is 0.324 e. The number of fused-ring (bicyclic) bond motifs is 1. The largest absolute Gasteiger partial charge is 0.486 e. The van der Waals surface area contributed by atoms with Crippen LogP contribution in [0.3, 0.4) is 0 Å². The number of benzene rings is 1. The van der Waals surface area contributed by atoms with E-state index in [1.54, 1.807) is 13.8 Å². The fourth-order valence-electron chi connectivity index (χ4n) is 4.14. The van der Waals surface area contributed by atoms with E-state index in [1.165, 1.54) is 18.2 Å². The molecule has 0 spiro atoms. The molecule has 184 valence electrons. The lowest BCUT2D eigenvalue weighted by atomic mass is 9.78. The number of hydrogen-bond donors (Lipinski definition) is 2. The molecule has 4 atom stereocenters. The van der Waals surface area contributed by atoms with Gasteiger partial charge in [-0.3, -0.25) is 9.59 Å². The fraction of sp³-hybridized carbons (Fsp3) is 0.652. The highest BCUT2D eigenvalue weighted by atomic mass is 32.2. The van der Waals surface area contributed by atoms with Crippen LogP contribution in [0.2, 0.25) is 0 Å². The molecule has 33 heavy (non-hydrogen) atoms. The van der Waals surface area contributed by atoms with Crippen molar-refractivity contribution in [2.24, 2.45) is 17.8 Å². The number of ether oxygens (including phenoxy) is 3. The molecule has 1 saturated carbocycles. The average Bonchev–Trinajstić information content (AvgIpc) is 2.78. The second-order valence-corrected chi connectivity index (χ2v) is 10.9. The zero-order chi connectivity index (χ0) is 24.2. The topological polar surface area (TPSA) is 120 Å². The van der Waals surface area contributed by atoms with Crippen molar-refractivity contribution in [2.45, 2.75) is 63.9 Å². The monoisotopic (exact) mass is 482 g/mol. The van der Waals surface area contributed by atoms with Crippen molar-refractivity contribution < 1.29 is 32.2 Å². The summed E-state index contributed by atoms with van der Waals surface area (Å²) in [7, 11) is -4.04. The molecule has 0 saturated heterocycles. The zero-order valence-corrected chi connectivity index (χ0v) is 20.4. The van der Waals surface area contributed by atoms with E-state index in [4.69, 9.17) is 14.2 Å². The van der Waals surface area contributed by atoms with E-state index in [-0.39, 0.29) is 16.8 Å². The number of sulfonamides is 1. The highest BCUT2D eigenvalue weighted by Gasteiger charge is 2.32. The molecule has 1 amide bonds. The molecule has 1 aromatic carbocycles. The molecule has 0 radical (unpaired) electrons. The zero-order valence-electron chi connectivity index (χ0n) is 19.6. The van der Waals surface area contributed by atoms with Crippen molar-refractivity contribution in [3.8, 4) is 11.5 Å². The SMILES string of the molecule is CC(C)C(NS(=O)(=O)c1ccc2c(c1)OCCO2)C(=O)OCC(=O)NC1CCCC(C)C1C. The van der Waals surface area contributed by atoms with E-state index in [0.717, 1.165) is 19.3 Å². The Labute approximate surface area is 195 Å². The number of amides is 1. The van der Waals surface area contributed by atoms with E-state index in [1.807, 2.05) is 0 Å². The van der Waals surface area contributed by atoms with Gasteiger partial charge in [0.2, 0.25) is 10.0 Å². The Hall–Kier alpha value is -2.33. The summed E-state index contributed by atoms with van der Waals surface area (Å²) in [6.07, 6.45) is 3.09. The molecule has 1 aliphatic heterocycles. The molecule has 1 fully saturated rings. The van der Waals surface area contributed by atoms with Crippen LogP contribution in [0.25, 0.3) is 0 Å². The van der Waals surface area contributed by atoms with Crippen molar-refractivity contribution in [1.82, 2.24) is 10.0 Å². The van der Waals surface area contributed by atoms with E-state index in [9.17, 15) is 18.0 Å². The maximum atomic E-state index is 12.9. The Balaban J connectivity index is 1.60. The molecule has 0 bridgehead atoms. The number of hydrogen-bond acceptors (Lipinski definition) is 7. The third-order valence-corrected chi connectivity index (χ3v) is 7.86. The van der Waals surface area contributed by atoms with Gasteiger partial charge in [0.15, 0.2) is 18.1 Å². The van der Waals surface area contributed by atoms with Gasteiger partial charge in [0.1, 0.15) is 19.3 Å². The Morgan fingerprint density at radius 2 is 1.82 bits per heavy atom. The van der Waals surface area contributed by atoms with Gasteiger partial charge in [-0.15, -0.1) is 0 Å². The van der Waals surface area contributed by atoms with Crippen LogP contribution in [-0.2, 0) is 24.3 Å². The minimum absolute atomic E-state index is 0.0505. The first-order chi connectivity index (χ1) is 15.6. The first-order valence-electron chi connectivity index (χ1n) is 11.5. The van der Waals surface area contributed by atoms with Crippen LogP contribution in [0.5, 0.6) is 11.5 Å². The minimum Gasteiger partial charge on any atom is -0.486 e. The first kappa shape index (κ1) is 25.3. The molecule has 9 nitrogen and oxygen atoms in total. The van der Waals surface area contributed by atoms with Gasteiger partial charge < -0.3 is 19.5 Å². The summed E-state index contributed by atoms with van der Waals surface area (Å²) in [4.78, 5) is 25.0. The second-order valence-electron chi connectivity index (χ2n) is 9.20. The number of rotatable bonds is 8. The van der Waals surface area contributed by atoms with Gasteiger partial charge >= 0.3 is 5.97 Å². The molecular weight excluding hydrogens is 448 g/mol.